The van der Waals surface area contributed by atoms with E-state index in [-0.39, 0.29) is 0 Å². The van der Waals surface area contributed by atoms with Crippen LogP contribution in [0.3, 0.4) is 0 Å². The van der Waals surface area contributed by atoms with Gasteiger partial charge in [-0.3, -0.25) is 4.90 Å². The summed E-state index contributed by atoms with van der Waals surface area (Å²) in [6.07, 6.45) is 0.407. The smallest absolute Gasteiger partial charge is 0.0674 e. The van der Waals surface area contributed by atoms with Crippen molar-refractivity contribution in [3.8, 4) is 0 Å². The largest absolute Gasteiger partial charge is 0.376 e. The van der Waals surface area contributed by atoms with Crippen molar-refractivity contribution in [3.63, 3.8) is 0 Å². The van der Waals surface area contributed by atoms with Crippen LogP contribution in [0.5, 0.6) is 0 Å². The Hall–Kier alpha value is -0.120. The Morgan fingerprint density at radius 3 is 2.69 bits per heavy atom. The first-order valence-electron chi connectivity index (χ1n) is 6.62. The molecule has 3 heteroatoms. The van der Waals surface area contributed by atoms with E-state index < -0.39 is 0 Å². The minimum atomic E-state index is 0.407. The van der Waals surface area contributed by atoms with Crippen molar-refractivity contribution < 1.29 is 4.74 Å². The Bertz CT molecular complexity index is 185. The Labute approximate surface area is 101 Å². The normalized spacial score (nSPS) is 24.9. The van der Waals surface area contributed by atoms with E-state index in [1.807, 2.05) is 0 Å². The van der Waals surface area contributed by atoms with E-state index in [0.717, 1.165) is 44.6 Å². The van der Waals surface area contributed by atoms with Crippen molar-refractivity contribution in [2.75, 3.05) is 39.3 Å². The van der Waals surface area contributed by atoms with Gasteiger partial charge in [-0.25, -0.2) is 0 Å². The van der Waals surface area contributed by atoms with Crippen LogP contribution in [0.4, 0.5) is 0 Å². The third-order valence-corrected chi connectivity index (χ3v) is 2.94. The highest BCUT2D eigenvalue weighted by molar-refractivity contribution is 4.71. The lowest BCUT2D eigenvalue weighted by molar-refractivity contribution is -0.0222. The number of ether oxygens (including phenoxy) is 1. The molecule has 0 aromatic carbocycles. The third kappa shape index (κ3) is 5.83. The predicted octanol–water partition coefficient (Wildman–Crippen LogP) is 1.59. The Morgan fingerprint density at radius 2 is 2.06 bits per heavy atom. The van der Waals surface area contributed by atoms with Gasteiger partial charge in [0, 0.05) is 19.6 Å². The number of morpholine rings is 1. The molecular formula is C13H28N2O. The van der Waals surface area contributed by atoms with E-state index >= 15 is 0 Å². The summed E-state index contributed by atoms with van der Waals surface area (Å²) in [7, 11) is 0. The maximum atomic E-state index is 5.54. The van der Waals surface area contributed by atoms with Crippen LogP contribution < -0.4 is 5.32 Å². The summed E-state index contributed by atoms with van der Waals surface area (Å²) in [6.45, 7) is 15.5. The van der Waals surface area contributed by atoms with Gasteiger partial charge in [0.1, 0.15) is 0 Å². The van der Waals surface area contributed by atoms with E-state index in [9.17, 15) is 0 Å². The van der Waals surface area contributed by atoms with Gasteiger partial charge < -0.3 is 10.1 Å². The molecular weight excluding hydrogens is 200 g/mol. The summed E-state index contributed by atoms with van der Waals surface area (Å²) in [5, 5.41) is 3.53. The molecule has 0 saturated carbocycles. The Kier molecular flexibility index (Phi) is 6.32. The van der Waals surface area contributed by atoms with Crippen LogP contribution >= 0.6 is 0 Å². The number of hydrogen-bond donors (Lipinski definition) is 1. The second-order valence-corrected chi connectivity index (χ2v) is 5.60. The van der Waals surface area contributed by atoms with E-state index in [1.165, 1.54) is 6.54 Å². The SMILES string of the molecule is CC(C)CNCC(C)CN1CCOC(C)C1. The van der Waals surface area contributed by atoms with Crippen LogP contribution in [0.1, 0.15) is 27.7 Å². The van der Waals surface area contributed by atoms with Crippen LogP contribution in [0.25, 0.3) is 0 Å². The summed E-state index contributed by atoms with van der Waals surface area (Å²) >= 11 is 0. The van der Waals surface area contributed by atoms with Gasteiger partial charge in [0.25, 0.3) is 0 Å². The molecule has 1 N–H and O–H groups in total. The maximum Gasteiger partial charge on any atom is 0.0674 e. The van der Waals surface area contributed by atoms with Crippen LogP contribution in [0.2, 0.25) is 0 Å². The molecule has 0 aliphatic carbocycles. The molecule has 96 valence electrons. The number of hydrogen-bond acceptors (Lipinski definition) is 3. The van der Waals surface area contributed by atoms with Crippen molar-refractivity contribution in [1.29, 1.82) is 0 Å². The van der Waals surface area contributed by atoms with Crippen molar-refractivity contribution in [2.24, 2.45) is 11.8 Å². The molecule has 1 heterocycles. The van der Waals surface area contributed by atoms with Gasteiger partial charge >= 0.3 is 0 Å². The molecule has 3 nitrogen and oxygen atoms in total. The zero-order valence-electron chi connectivity index (χ0n) is 11.3. The Balaban J connectivity index is 2.10. The summed E-state index contributed by atoms with van der Waals surface area (Å²) in [5.74, 6) is 1.47. The van der Waals surface area contributed by atoms with Crippen LogP contribution in [0, 0.1) is 11.8 Å². The summed E-state index contributed by atoms with van der Waals surface area (Å²) in [4.78, 5) is 2.52. The second-order valence-electron chi connectivity index (χ2n) is 5.60. The fourth-order valence-corrected chi connectivity index (χ4v) is 2.18. The minimum Gasteiger partial charge on any atom is -0.376 e. The van der Waals surface area contributed by atoms with Crippen LogP contribution in [-0.4, -0.2) is 50.3 Å². The molecule has 2 atom stereocenters. The predicted molar refractivity (Wildman–Crippen MR) is 68.7 cm³/mol. The first-order valence-corrected chi connectivity index (χ1v) is 6.62. The van der Waals surface area contributed by atoms with Crippen molar-refractivity contribution in [2.45, 2.75) is 33.8 Å². The van der Waals surface area contributed by atoms with Crippen molar-refractivity contribution in [1.82, 2.24) is 10.2 Å². The lowest BCUT2D eigenvalue weighted by Gasteiger charge is -2.33. The zero-order valence-corrected chi connectivity index (χ0v) is 11.3. The molecule has 1 rings (SSSR count). The summed E-state index contributed by atoms with van der Waals surface area (Å²) in [5.41, 5.74) is 0. The lowest BCUT2D eigenvalue weighted by atomic mass is 10.1. The first kappa shape index (κ1) is 13.9. The summed E-state index contributed by atoms with van der Waals surface area (Å²) in [6, 6.07) is 0. The van der Waals surface area contributed by atoms with Gasteiger partial charge in [0.15, 0.2) is 0 Å². The maximum absolute atomic E-state index is 5.54. The van der Waals surface area contributed by atoms with Gasteiger partial charge in [-0.15, -0.1) is 0 Å². The van der Waals surface area contributed by atoms with Gasteiger partial charge in [0.2, 0.25) is 0 Å². The number of nitrogens with one attached hydrogen (secondary N) is 1. The molecule has 0 amide bonds. The van der Waals surface area contributed by atoms with Crippen LogP contribution in [-0.2, 0) is 4.74 Å². The van der Waals surface area contributed by atoms with E-state index in [1.54, 1.807) is 0 Å². The molecule has 16 heavy (non-hydrogen) atoms. The third-order valence-electron chi connectivity index (χ3n) is 2.94. The highest BCUT2D eigenvalue weighted by Gasteiger charge is 2.18. The first-order chi connectivity index (χ1) is 7.58. The fraction of sp³-hybridized carbons (Fsp3) is 1.00. The molecule has 0 aromatic rings. The number of rotatable bonds is 6. The number of nitrogens with zero attached hydrogens (tertiary/aromatic N) is 1. The monoisotopic (exact) mass is 228 g/mol. The van der Waals surface area contributed by atoms with Gasteiger partial charge in [-0.05, 0) is 31.8 Å². The fourth-order valence-electron chi connectivity index (χ4n) is 2.18. The molecule has 1 saturated heterocycles. The molecule has 0 aromatic heterocycles. The average Bonchev–Trinajstić information content (AvgIpc) is 2.16. The lowest BCUT2D eigenvalue weighted by Crippen LogP contribution is -2.44. The van der Waals surface area contributed by atoms with Crippen LogP contribution in [0.15, 0.2) is 0 Å². The van der Waals surface area contributed by atoms with E-state index in [0.29, 0.717) is 6.10 Å². The highest BCUT2D eigenvalue weighted by atomic mass is 16.5. The van der Waals surface area contributed by atoms with Gasteiger partial charge in [0.05, 0.1) is 12.7 Å². The van der Waals surface area contributed by atoms with Gasteiger partial charge in [-0.2, -0.15) is 0 Å². The highest BCUT2D eigenvalue weighted by Crippen LogP contribution is 2.07. The van der Waals surface area contributed by atoms with E-state index in [2.05, 4.69) is 37.9 Å². The quantitative estimate of drug-likeness (QED) is 0.747. The minimum absolute atomic E-state index is 0.407. The molecule has 0 bridgehead atoms. The molecule has 1 aliphatic rings. The standard InChI is InChI=1S/C13H28N2O/c1-11(2)7-14-8-12(3)9-15-5-6-16-13(4)10-15/h11-14H,5-10H2,1-4H3. The summed E-state index contributed by atoms with van der Waals surface area (Å²) < 4.78 is 5.54. The van der Waals surface area contributed by atoms with Crippen molar-refractivity contribution >= 4 is 0 Å². The van der Waals surface area contributed by atoms with Crippen molar-refractivity contribution in [3.05, 3.63) is 0 Å². The average molecular weight is 228 g/mol. The molecule has 0 spiro atoms. The second kappa shape index (κ2) is 7.25. The molecule has 0 radical (unpaired) electrons. The Morgan fingerprint density at radius 1 is 1.31 bits per heavy atom. The van der Waals surface area contributed by atoms with Gasteiger partial charge in [-0.1, -0.05) is 20.8 Å². The van der Waals surface area contributed by atoms with E-state index in [4.69, 9.17) is 4.74 Å². The molecule has 1 fully saturated rings. The molecule has 2 unspecified atom stereocenters. The zero-order chi connectivity index (χ0) is 12.0. The molecule has 1 aliphatic heterocycles. The topological polar surface area (TPSA) is 24.5 Å².